The summed E-state index contributed by atoms with van der Waals surface area (Å²) in [6, 6.07) is 7.56. The molecule has 0 aliphatic carbocycles. The van der Waals surface area contributed by atoms with Crippen molar-refractivity contribution in [3.63, 3.8) is 0 Å². The zero-order valence-corrected chi connectivity index (χ0v) is 14.7. The molecule has 6 heteroatoms. The predicted octanol–water partition coefficient (Wildman–Crippen LogP) is 1.18. The first kappa shape index (κ1) is 17.6. The Morgan fingerprint density at radius 2 is 1.96 bits per heavy atom. The van der Waals surface area contributed by atoms with Crippen LogP contribution in [-0.2, 0) is 14.3 Å². The van der Waals surface area contributed by atoms with E-state index in [2.05, 4.69) is 0 Å². The molecule has 1 saturated heterocycles. The molecule has 2 heterocycles. The van der Waals surface area contributed by atoms with Crippen LogP contribution in [0.1, 0.15) is 24.0 Å². The first-order valence-corrected chi connectivity index (χ1v) is 8.64. The number of likely N-dealkylation sites (N-methyl/N-ethyl adjacent to an activating group) is 1. The molecule has 1 fully saturated rings. The Morgan fingerprint density at radius 1 is 1.24 bits per heavy atom. The van der Waals surface area contributed by atoms with Gasteiger partial charge in [-0.1, -0.05) is 29.8 Å². The molecule has 25 heavy (non-hydrogen) atoms. The third-order valence-electron chi connectivity index (χ3n) is 4.71. The molecule has 2 amide bonds. The van der Waals surface area contributed by atoms with Gasteiger partial charge in [-0.25, -0.2) is 0 Å². The van der Waals surface area contributed by atoms with E-state index in [4.69, 9.17) is 4.74 Å². The molecule has 1 N–H and O–H groups in total. The number of aliphatic hydroxyl groups is 1. The van der Waals surface area contributed by atoms with Crippen molar-refractivity contribution in [2.75, 3.05) is 33.4 Å². The smallest absolute Gasteiger partial charge is 0.277 e. The van der Waals surface area contributed by atoms with Gasteiger partial charge in [0.05, 0.1) is 24.8 Å². The second-order valence-electron chi connectivity index (χ2n) is 6.59. The van der Waals surface area contributed by atoms with Crippen LogP contribution in [0.5, 0.6) is 0 Å². The number of carbonyl (C=O) groups excluding carboxylic acids is 2. The molecule has 134 valence electrons. The predicted molar refractivity (Wildman–Crippen MR) is 93.5 cm³/mol. The summed E-state index contributed by atoms with van der Waals surface area (Å²) in [6.07, 6.45) is 1.73. The molecular weight excluding hydrogens is 320 g/mol. The van der Waals surface area contributed by atoms with E-state index in [1.54, 1.807) is 11.9 Å². The summed E-state index contributed by atoms with van der Waals surface area (Å²) in [5.74, 6) is -0.601. The number of imide groups is 1. The minimum Gasteiger partial charge on any atom is -0.395 e. The van der Waals surface area contributed by atoms with Gasteiger partial charge in [0, 0.05) is 20.2 Å². The minimum atomic E-state index is -0.313. The van der Waals surface area contributed by atoms with Crippen LogP contribution in [0, 0.1) is 6.92 Å². The fraction of sp³-hybridized carbons (Fsp3) is 0.474. The molecule has 2 aliphatic rings. The van der Waals surface area contributed by atoms with Gasteiger partial charge in [-0.15, -0.1) is 0 Å². The molecular formula is C19H24N2O4. The van der Waals surface area contributed by atoms with E-state index < -0.39 is 0 Å². The van der Waals surface area contributed by atoms with Crippen molar-refractivity contribution in [2.45, 2.75) is 25.9 Å². The van der Waals surface area contributed by atoms with Gasteiger partial charge in [0.25, 0.3) is 11.8 Å². The van der Waals surface area contributed by atoms with Gasteiger partial charge in [0.1, 0.15) is 5.70 Å². The summed E-state index contributed by atoms with van der Waals surface area (Å²) in [4.78, 5) is 28.9. The van der Waals surface area contributed by atoms with Gasteiger partial charge in [-0.05, 0) is 25.3 Å². The van der Waals surface area contributed by atoms with E-state index in [0.29, 0.717) is 17.9 Å². The van der Waals surface area contributed by atoms with Crippen LogP contribution in [0.15, 0.2) is 30.0 Å². The van der Waals surface area contributed by atoms with Gasteiger partial charge in [-0.3, -0.25) is 14.5 Å². The molecule has 0 saturated carbocycles. The Kier molecular flexibility index (Phi) is 5.20. The van der Waals surface area contributed by atoms with E-state index in [1.807, 2.05) is 31.2 Å². The third-order valence-corrected chi connectivity index (χ3v) is 4.71. The first-order chi connectivity index (χ1) is 12.0. The second kappa shape index (κ2) is 7.37. The summed E-state index contributed by atoms with van der Waals surface area (Å²) in [5.41, 5.74) is 2.56. The normalized spacial score (nSPS) is 20.8. The lowest BCUT2D eigenvalue weighted by Gasteiger charge is -2.22. The van der Waals surface area contributed by atoms with E-state index in [9.17, 15) is 14.7 Å². The van der Waals surface area contributed by atoms with Crippen molar-refractivity contribution >= 4 is 17.4 Å². The fourth-order valence-electron chi connectivity index (χ4n) is 3.32. The van der Waals surface area contributed by atoms with Crippen molar-refractivity contribution < 1.29 is 19.4 Å². The molecule has 6 nitrogen and oxygen atoms in total. The topological polar surface area (TPSA) is 70.1 Å². The number of amides is 2. The molecule has 0 radical (unpaired) electrons. The maximum Gasteiger partial charge on any atom is 0.277 e. The van der Waals surface area contributed by atoms with Crippen LogP contribution >= 0.6 is 0 Å². The lowest BCUT2D eigenvalue weighted by molar-refractivity contribution is -0.139. The van der Waals surface area contributed by atoms with Crippen molar-refractivity contribution in [1.29, 1.82) is 0 Å². The van der Waals surface area contributed by atoms with Crippen LogP contribution in [-0.4, -0.2) is 66.2 Å². The minimum absolute atomic E-state index is 0.0883. The average molecular weight is 344 g/mol. The van der Waals surface area contributed by atoms with E-state index >= 15 is 0 Å². The second-order valence-corrected chi connectivity index (χ2v) is 6.59. The average Bonchev–Trinajstić information content (AvgIpc) is 3.18. The Bertz CT molecular complexity index is 690. The highest BCUT2D eigenvalue weighted by Crippen LogP contribution is 2.32. The number of hydrogen-bond donors (Lipinski definition) is 1. The SMILES string of the molecule is Cc1ccc(C2=C(N(C)CCO)C(=O)N(CC3CCCO3)C2=O)cc1. The summed E-state index contributed by atoms with van der Waals surface area (Å²) >= 11 is 0. The first-order valence-electron chi connectivity index (χ1n) is 8.64. The Morgan fingerprint density at radius 3 is 2.56 bits per heavy atom. The number of carbonyl (C=O) groups is 2. The van der Waals surface area contributed by atoms with E-state index in [0.717, 1.165) is 24.0 Å². The number of ether oxygens (including phenoxy) is 1. The third kappa shape index (κ3) is 3.45. The summed E-state index contributed by atoms with van der Waals surface area (Å²) < 4.78 is 5.59. The number of hydrogen-bond acceptors (Lipinski definition) is 5. The van der Waals surface area contributed by atoms with Crippen molar-refractivity contribution in [1.82, 2.24) is 9.80 Å². The van der Waals surface area contributed by atoms with E-state index in [1.165, 1.54) is 4.90 Å². The number of nitrogens with zero attached hydrogens (tertiary/aromatic N) is 2. The molecule has 3 rings (SSSR count). The summed E-state index contributed by atoms with van der Waals surface area (Å²) in [7, 11) is 1.72. The molecule has 1 aromatic rings. The molecule has 1 aromatic carbocycles. The summed E-state index contributed by atoms with van der Waals surface area (Å²) in [5, 5.41) is 9.24. The maximum absolute atomic E-state index is 13.0. The van der Waals surface area contributed by atoms with Crippen LogP contribution in [0.3, 0.4) is 0 Å². The molecule has 0 bridgehead atoms. The van der Waals surface area contributed by atoms with Gasteiger partial charge < -0.3 is 14.7 Å². The standard InChI is InChI=1S/C19H24N2O4/c1-13-5-7-14(8-6-13)16-17(20(2)9-10-22)19(24)21(18(16)23)12-15-4-3-11-25-15/h5-8,15,22H,3-4,9-12H2,1-2H3. The zero-order chi connectivity index (χ0) is 18.0. The van der Waals surface area contributed by atoms with Crippen molar-refractivity contribution in [3.8, 4) is 0 Å². The number of benzene rings is 1. The quantitative estimate of drug-likeness (QED) is 0.785. The van der Waals surface area contributed by atoms with Crippen LogP contribution < -0.4 is 0 Å². The van der Waals surface area contributed by atoms with Gasteiger partial charge in [0.2, 0.25) is 0 Å². The number of aryl methyl sites for hydroxylation is 1. The molecule has 1 unspecified atom stereocenters. The lowest BCUT2D eigenvalue weighted by atomic mass is 10.0. The maximum atomic E-state index is 13.0. The monoisotopic (exact) mass is 344 g/mol. The molecule has 0 aromatic heterocycles. The van der Waals surface area contributed by atoms with Gasteiger partial charge >= 0.3 is 0 Å². The van der Waals surface area contributed by atoms with E-state index in [-0.39, 0.29) is 37.6 Å². The number of rotatable bonds is 6. The van der Waals surface area contributed by atoms with Gasteiger partial charge in [0.15, 0.2) is 0 Å². The lowest BCUT2D eigenvalue weighted by Crippen LogP contribution is -2.39. The fourth-order valence-corrected chi connectivity index (χ4v) is 3.32. The van der Waals surface area contributed by atoms with Crippen LogP contribution in [0.4, 0.5) is 0 Å². The Balaban J connectivity index is 1.96. The van der Waals surface area contributed by atoms with Crippen molar-refractivity contribution in [3.05, 3.63) is 41.1 Å². The highest BCUT2D eigenvalue weighted by molar-refractivity contribution is 6.35. The largest absolute Gasteiger partial charge is 0.395 e. The van der Waals surface area contributed by atoms with Crippen LogP contribution in [0.2, 0.25) is 0 Å². The van der Waals surface area contributed by atoms with Gasteiger partial charge in [-0.2, -0.15) is 0 Å². The zero-order valence-electron chi connectivity index (χ0n) is 14.7. The molecule has 0 spiro atoms. The molecule has 1 atom stereocenters. The van der Waals surface area contributed by atoms with Crippen molar-refractivity contribution in [2.24, 2.45) is 0 Å². The summed E-state index contributed by atoms with van der Waals surface area (Å²) in [6.45, 7) is 3.13. The van der Waals surface area contributed by atoms with Crippen LogP contribution in [0.25, 0.3) is 5.57 Å². The molecule has 2 aliphatic heterocycles. The Hall–Kier alpha value is -2.18. The Labute approximate surface area is 147 Å². The highest BCUT2D eigenvalue weighted by atomic mass is 16.5. The highest BCUT2D eigenvalue weighted by Gasteiger charge is 2.41. The number of aliphatic hydroxyl groups excluding tert-OH is 1.